The van der Waals surface area contributed by atoms with Gasteiger partial charge in [-0.2, -0.15) is 0 Å². The highest BCUT2D eigenvalue weighted by molar-refractivity contribution is 6.00. The van der Waals surface area contributed by atoms with Crippen LogP contribution < -0.4 is 4.74 Å². The van der Waals surface area contributed by atoms with Gasteiger partial charge in [-0.3, -0.25) is 0 Å². The molecule has 0 aliphatic heterocycles. The van der Waals surface area contributed by atoms with Gasteiger partial charge in [-0.25, -0.2) is 0 Å². The molecule has 0 aliphatic rings. The SMILES string of the molecule is C/C(=N/O)c1cc(C)ccc1OCCCO. The Kier molecular flexibility index (Phi) is 4.79. The number of aryl methyl sites for hydroxylation is 1. The molecule has 0 aromatic heterocycles. The second-order valence-electron chi connectivity index (χ2n) is 3.61. The molecule has 0 amide bonds. The van der Waals surface area contributed by atoms with Crippen LogP contribution >= 0.6 is 0 Å². The van der Waals surface area contributed by atoms with Gasteiger partial charge in [-0.1, -0.05) is 16.8 Å². The highest BCUT2D eigenvalue weighted by Gasteiger charge is 2.07. The van der Waals surface area contributed by atoms with Crippen molar-refractivity contribution in [3.05, 3.63) is 29.3 Å². The van der Waals surface area contributed by atoms with E-state index in [2.05, 4.69) is 5.16 Å². The number of rotatable bonds is 5. The van der Waals surface area contributed by atoms with E-state index in [9.17, 15) is 0 Å². The lowest BCUT2D eigenvalue weighted by Gasteiger charge is -2.11. The van der Waals surface area contributed by atoms with E-state index < -0.39 is 0 Å². The first-order chi connectivity index (χ1) is 7.69. The maximum Gasteiger partial charge on any atom is 0.128 e. The Hall–Kier alpha value is -1.55. The topological polar surface area (TPSA) is 62.1 Å². The summed E-state index contributed by atoms with van der Waals surface area (Å²) < 4.78 is 5.50. The second kappa shape index (κ2) is 6.12. The van der Waals surface area contributed by atoms with Crippen molar-refractivity contribution in [1.29, 1.82) is 0 Å². The Bertz CT molecular complexity index is 375. The molecule has 0 unspecified atom stereocenters. The van der Waals surface area contributed by atoms with Gasteiger partial charge >= 0.3 is 0 Å². The van der Waals surface area contributed by atoms with Gasteiger partial charge < -0.3 is 15.1 Å². The molecular formula is C12H17NO3. The summed E-state index contributed by atoms with van der Waals surface area (Å²) in [7, 11) is 0. The third-order valence-electron chi connectivity index (χ3n) is 2.23. The van der Waals surface area contributed by atoms with E-state index in [1.807, 2.05) is 25.1 Å². The molecule has 2 N–H and O–H groups in total. The lowest BCUT2D eigenvalue weighted by atomic mass is 10.1. The monoisotopic (exact) mass is 223 g/mol. The zero-order valence-corrected chi connectivity index (χ0v) is 9.60. The molecule has 4 nitrogen and oxygen atoms in total. The summed E-state index contributed by atoms with van der Waals surface area (Å²) in [4.78, 5) is 0. The Labute approximate surface area is 95.2 Å². The van der Waals surface area contributed by atoms with Crippen LogP contribution in [-0.2, 0) is 0 Å². The van der Waals surface area contributed by atoms with Crippen molar-refractivity contribution in [1.82, 2.24) is 0 Å². The summed E-state index contributed by atoms with van der Waals surface area (Å²) in [5, 5.41) is 20.6. The molecule has 0 saturated carbocycles. The largest absolute Gasteiger partial charge is 0.493 e. The van der Waals surface area contributed by atoms with E-state index in [1.165, 1.54) is 0 Å². The maximum absolute atomic E-state index is 8.77. The van der Waals surface area contributed by atoms with Crippen LogP contribution in [0.25, 0.3) is 0 Å². The summed E-state index contributed by atoms with van der Waals surface area (Å²) in [5.74, 6) is 0.675. The van der Waals surface area contributed by atoms with E-state index in [0.717, 1.165) is 11.1 Å². The summed E-state index contributed by atoms with van der Waals surface area (Å²) >= 11 is 0. The Morgan fingerprint density at radius 1 is 1.44 bits per heavy atom. The first-order valence-corrected chi connectivity index (χ1v) is 5.22. The molecule has 4 heteroatoms. The fourth-order valence-corrected chi connectivity index (χ4v) is 1.35. The van der Waals surface area contributed by atoms with E-state index >= 15 is 0 Å². The zero-order chi connectivity index (χ0) is 12.0. The zero-order valence-electron chi connectivity index (χ0n) is 9.60. The molecule has 0 radical (unpaired) electrons. The van der Waals surface area contributed by atoms with Crippen LogP contribution in [-0.4, -0.2) is 29.2 Å². The number of benzene rings is 1. The standard InChI is InChI=1S/C12H17NO3/c1-9-4-5-12(16-7-3-6-14)11(8-9)10(2)13-15/h4-5,8,14-15H,3,6-7H2,1-2H3/b13-10-. The van der Waals surface area contributed by atoms with Gasteiger partial charge in [0.15, 0.2) is 0 Å². The number of ether oxygens (including phenoxy) is 1. The average Bonchev–Trinajstić information content (AvgIpc) is 2.30. The van der Waals surface area contributed by atoms with Gasteiger partial charge in [0, 0.05) is 18.6 Å². The maximum atomic E-state index is 8.77. The van der Waals surface area contributed by atoms with Crippen molar-refractivity contribution in [2.75, 3.05) is 13.2 Å². The van der Waals surface area contributed by atoms with E-state index in [4.69, 9.17) is 15.1 Å². The van der Waals surface area contributed by atoms with Gasteiger partial charge in [0.2, 0.25) is 0 Å². The van der Waals surface area contributed by atoms with Crippen LogP contribution in [0.2, 0.25) is 0 Å². The average molecular weight is 223 g/mol. The molecule has 88 valence electrons. The van der Waals surface area contributed by atoms with Crippen LogP contribution in [0.5, 0.6) is 5.75 Å². The molecular weight excluding hydrogens is 206 g/mol. The van der Waals surface area contributed by atoms with Gasteiger partial charge in [-0.15, -0.1) is 0 Å². The van der Waals surface area contributed by atoms with Gasteiger partial charge in [-0.05, 0) is 26.0 Å². The van der Waals surface area contributed by atoms with E-state index in [0.29, 0.717) is 24.5 Å². The fraction of sp³-hybridized carbons (Fsp3) is 0.417. The highest BCUT2D eigenvalue weighted by Crippen LogP contribution is 2.21. The van der Waals surface area contributed by atoms with Crippen molar-refractivity contribution in [2.24, 2.45) is 5.16 Å². The van der Waals surface area contributed by atoms with Crippen molar-refractivity contribution >= 4 is 5.71 Å². The summed E-state index contributed by atoms with van der Waals surface area (Å²) in [5.41, 5.74) is 2.37. The summed E-state index contributed by atoms with van der Waals surface area (Å²) in [6.45, 7) is 4.23. The van der Waals surface area contributed by atoms with Gasteiger partial charge in [0.1, 0.15) is 5.75 Å². The Balaban J connectivity index is 2.89. The first-order valence-electron chi connectivity index (χ1n) is 5.22. The fourth-order valence-electron chi connectivity index (χ4n) is 1.35. The Morgan fingerprint density at radius 2 is 2.19 bits per heavy atom. The van der Waals surface area contributed by atoms with Crippen LogP contribution in [0.15, 0.2) is 23.4 Å². The minimum Gasteiger partial charge on any atom is -0.493 e. The molecule has 1 aromatic rings. The van der Waals surface area contributed by atoms with Crippen LogP contribution in [0.4, 0.5) is 0 Å². The smallest absolute Gasteiger partial charge is 0.128 e. The molecule has 0 fully saturated rings. The molecule has 16 heavy (non-hydrogen) atoms. The number of aliphatic hydroxyl groups is 1. The second-order valence-corrected chi connectivity index (χ2v) is 3.61. The van der Waals surface area contributed by atoms with Crippen molar-refractivity contribution in [3.8, 4) is 5.75 Å². The summed E-state index contributed by atoms with van der Waals surface area (Å²) in [6.07, 6.45) is 0.586. The van der Waals surface area contributed by atoms with Crippen molar-refractivity contribution in [2.45, 2.75) is 20.3 Å². The highest BCUT2D eigenvalue weighted by atomic mass is 16.5. The lowest BCUT2D eigenvalue weighted by molar-refractivity contribution is 0.233. The predicted octanol–water partition coefficient (Wildman–Crippen LogP) is 1.95. The molecule has 0 aliphatic carbocycles. The molecule has 0 saturated heterocycles. The number of nitrogens with zero attached hydrogens (tertiary/aromatic N) is 1. The van der Waals surface area contributed by atoms with Crippen LogP contribution in [0.1, 0.15) is 24.5 Å². The molecule has 1 aromatic carbocycles. The first kappa shape index (κ1) is 12.5. The summed E-state index contributed by atoms with van der Waals surface area (Å²) in [6, 6.07) is 5.68. The van der Waals surface area contributed by atoms with Crippen LogP contribution in [0.3, 0.4) is 0 Å². The predicted molar refractivity (Wildman–Crippen MR) is 62.4 cm³/mol. The minimum absolute atomic E-state index is 0.105. The third kappa shape index (κ3) is 3.24. The molecule has 1 rings (SSSR count). The normalized spacial score (nSPS) is 11.6. The Morgan fingerprint density at radius 3 is 2.81 bits per heavy atom. The molecule has 0 bridgehead atoms. The quantitative estimate of drug-likeness (QED) is 0.347. The van der Waals surface area contributed by atoms with Gasteiger partial charge in [0.05, 0.1) is 12.3 Å². The van der Waals surface area contributed by atoms with E-state index in [1.54, 1.807) is 6.92 Å². The molecule has 0 heterocycles. The lowest BCUT2D eigenvalue weighted by Crippen LogP contribution is -2.05. The van der Waals surface area contributed by atoms with E-state index in [-0.39, 0.29) is 6.61 Å². The number of aliphatic hydroxyl groups excluding tert-OH is 1. The third-order valence-corrected chi connectivity index (χ3v) is 2.23. The van der Waals surface area contributed by atoms with Crippen molar-refractivity contribution in [3.63, 3.8) is 0 Å². The number of oxime groups is 1. The number of hydrogen-bond donors (Lipinski definition) is 2. The minimum atomic E-state index is 0.105. The van der Waals surface area contributed by atoms with Crippen LogP contribution in [0, 0.1) is 6.92 Å². The molecule has 0 spiro atoms. The van der Waals surface area contributed by atoms with Crippen molar-refractivity contribution < 1.29 is 15.1 Å². The van der Waals surface area contributed by atoms with Gasteiger partial charge in [0.25, 0.3) is 0 Å². The number of hydrogen-bond acceptors (Lipinski definition) is 4. The molecule has 0 atom stereocenters.